The van der Waals surface area contributed by atoms with Crippen LogP contribution < -0.4 is 5.73 Å². The van der Waals surface area contributed by atoms with Crippen molar-refractivity contribution in [1.82, 2.24) is 14.8 Å². The molecule has 2 fully saturated rings. The first-order valence-corrected chi connectivity index (χ1v) is 18.1. The molecule has 4 N–H and O–H groups in total. The van der Waals surface area contributed by atoms with Crippen molar-refractivity contribution >= 4 is 48.9 Å². The smallest absolute Gasteiger partial charge is 0.209 e. The molecule has 0 saturated carbocycles. The van der Waals surface area contributed by atoms with Gasteiger partial charge in [-0.2, -0.15) is 0 Å². The van der Waals surface area contributed by atoms with E-state index in [0.717, 1.165) is 52.2 Å². The third kappa shape index (κ3) is 13.5. The molecule has 2 unspecified atom stereocenters. The number of ether oxygens (including phenoxy) is 2. The molecule has 11 nitrogen and oxygen atoms in total. The van der Waals surface area contributed by atoms with Crippen molar-refractivity contribution in [3.05, 3.63) is 64.8 Å². The zero-order chi connectivity index (χ0) is 35.4. The van der Waals surface area contributed by atoms with Crippen LogP contribution in [0.25, 0.3) is 10.1 Å². The molecule has 2 aromatic heterocycles. The molecule has 1 aromatic carbocycles. The Balaban J connectivity index is 0.000000242. The van der Waals surface area contributed by atoms with E-state index in [1.165, 1.54) is 38.6 Å². The maximum Gasteiger partial charge on any atom is 0.209 e. The van der Waals surface area contributed by atoms with E-state index in [4.69, 9.17) is 24.1 Å². The molecule has 3 aromatic rings. The molecular weight excluding hydrogens is 658 g/mol. The minimum absolute atomic E-state index is 0.250. The number of halogens is 1. The maximum atomic E-state index is 13.3. The summed E-state index contributed by atoms with van der Waals surface area (Å²) < 4.78 is 25.2. The normalized spacial score (nSPS) is 17.1. The lowest BCUT2D eigenvalue weighted by atomic mass is 9.90. The van der Waals surface area contributed by atoms with Crippen molar-refractivity contribution in [2.75, 3.05) is 47.0 Å². The minimum Gasteiger partial charge on any atom is -0.382 e. The van der Waals surface area contributed by atoms with Gasteiger partial charge in [-0.05, 0) is 87.5 Å². The summed E-state index contributed by atoms with van der Waals surface area (Å²) in [5.74, 6) is -1.68. The molecule has 4 heterocycles. The van der Waals surface area contributed by atoms with Gasteiger partial charge < -0.3 is 39.6 Å². The van der Waals surface area contributed by atoms with Gasteiger partial charge in [0, 0.05) is 35.3 Å². The van der Waals surface area contributed by atoms with Crippen molar-refractivity contribution in [3.8, 4) is 0 Å². The van der Waals surface area contributed by atoms with E-state index in [1.807, 2.05) is 37.3 Å². The SMILES string of the molecule is CN1CCCC1CCCCCC=O.COCCOC1(c2ccccn2)CN(C=O)C1.Cc1cc2cc(C(F)P(O)O)ccc2s1.NC=O. The zero-order valence-corrected chi connectivity index (χ0v) is 29.8. The summed E-state index contributed by atoms with van der Waals surface area (Å²) in [6.45, 7) is 5.41. The molecule has 2 atom stereocenters. The topological polar surface area (TPSA) is 156 Å². The van der Waals surface area contributed by atoms with Gasteiger partial charge in [-0.3, -0.25) is 14.6 Å². The molecule has 14 heteroatoms. The number of amides is 2. The van der Waals surface area contributed by atoms with Crippen molar-refractivity contribution < 1.29 is 38.0 Å². The Morgan fingerprint density at radius 3 is 2.48 bits per heavy atom. The zero-order valence-electron chi connectivity index (χ0n) is 28.1. The second-order valence-electron chi connectivity index (χ2n) is 11.6. The number of rotatable bonds is 14. The van der Waals surface area contributed by atoms with E-state index >= 15 is 0 Å². The molecule has 0 spiro atoms. The number of pyridine rings is 1. The molecular formula is C34H50FN4O7PS. The average Bonchev–Trinajstić information content (AvgIpc) is 3.66. The summed E-state index contributed by atoms with van der Waals surface area (Å²) in [6, 6.07) is 13.6. The number of aldehydes is 1. The summed E-state index contributed by atoms with van der Waals surface area (Å²) in [5, 5.41) is 0.953. The number of likely N-dealkylation sites (tertiary alicyclic amines) is 2. The first-order valence-electron chi connectivity index (χ1n) is 16.0. The highest BCUT2D eigenvalue weighted by atomic mass is 32.1. The third-order valence-corrected chi connectivity index (χ3v) is 9.77. The Labute approximate surface area is 288 Å². The third-order valence-electron chi connectivity index (χ3n) is 8.04. The van der Waals surface area contributed by atoms with E-state index < -0.39 is 19.9 Å². The van der Waals surface area contributed by atoms with Gasteiger partial charge in [-0.25, -0.2) is 4.39 Å². The first-order chi connectivity index (χ1) is 23.1. The molecule has 266 valence electrons. The number of carbonyl (C=O) groups is 3. The number of thiophene rings is 1. The predicted molar refractivity (Wildman–Crippen MR) is 188 cm³/mol. The molecule has 0 bridgehead atoms. The van der Waals surface area contributed by atoms with Crippen LogP contribution in [0.5, 0.6) is 0 Å². The number of benzene rings is 1. The van der Waals surface area contributed by atoms with Gasteiger partial charge >= 0.3 is 0 Å². The number of nitrogens with zero attached hydrogens (tertiary/aromatic N) is 3. The molecule has 48 heavy (non-hydrogen) atoms. The number of primary amides is 1. The highest BCUT2D eigenvalue weighted by Crippen LogP contribution is 2.45. The number of unbranched alkanes of at least 4 members (excludes halogenated alkanes) is 3. The minimum atomic E-state index is -2.55. The number of hydrogen-bond donors (Lipinski definition) is 3. The van der Waals surface area contributed by atoms with Crippen LogP contribution in [-0.4, -0.2) is 96.7 Å². The number of nitrogens with two attached hydrogens (primary N) is 1. The number of fused-ring (bicyclic) bond motifs is 1. The second-order valence-corrected chi connectivity index (χ2v) is 14.0. The van der Waals surface area contributed by atoms with Crippen LogP contribution in [-0.2, 0) is 29.5 Å². The summed E-state index contributed by atoms with van der Waals surface area (Å²) in [7, 11) is 1.31. The van der Waals surface area contributed by atoms with Crippen LogP contribution in [0.2, 0.25) is 0 Å². The van der Waals surface area contributed by atoms with E-state index in [1.54, 1.807) is 41.7 Å². The van der Waals surface area contributed by atoms with E-state index in [-0.39, 0.29) is 6.41 Å². The summed E-state index contributed by atoms with van der Waals surface area (Å²) in [4.78, 5) is 56.5. The monoisotopic (exact) mass is 708 g/mol. The van der Waals surface area contributed by atoms with Crippen molar-refractivity contribution in [1.29, 1.82) is 0 Å². The maximum absolute atomic E-state index is 13.3. The fourth-order valence-electron chi connectivity index (χ4n) is 5.57. The Morgan fingerprint density at radius 2 is 1.90 bits per heavy atom. The Kier molecular flexibility index (Phi) is 19.5. The Bertz CT molecular complexity index is 1350. The fourth-order valence-corrected chi connectivity index (χ4v) is 6.90. The van der Waals surface area contributed by atoms with Gasteiger partial charge in [0.2, 0.25) is 21.2 Å². The highest BCUT2D eigenvalue weighted by Gasteiger charge is 2.46. The van der Waals surface area contributed by atoms with Gasteiger partial charge in [0.05, 0.1) is 32.0 Å². The molecule has 2 amide bonds. The number of hydrogen-bond acceptors (Lipinski definition) is 10. The lowest BCUT2D eigenvalue weighted by Crippen LogP contribution is -2.60. The summed E-state index contributed by atoms with van der Waals surface area (Å²) in [5.41, 5.74) is 4.91. The van der Waals surface area contributed by atoms with Crippen molar-refractivity contribution in [2.45, 2.75) is 69.4 Å². The van der Waals surface area contributed by atoms with Crippen molar-refractivity contribution in [2.24, 2.45) is 5.73 Å². The standard InChI is InChI=1S/C12H16N2O3.C11H21NO.C10H10FO2PS.CH3NO/c1-16-6-7-17-12(8-14(9-12)10-15)11-4-2-3-5-13-11;1-12-9-6-8-11(12)7-4-2-3-5-10-13;1-6-4-8-5-7(10(11)14(12)13)2-3-9(8)15-6;2-1-3/h2-5,10H,6-9H2,1H3;10-11H,2-9H2,1H3;2-5,10,12-13H,1H3;1H,(H2,2,3). The number of carbonyl (C=O) groups excluding carboxylic acids is 3. The van der Waals surface area contributed by atoms with Crippen LogP contribution in [0, 0.1) is 6.92 Å². The Hall–Kier alpha value is -2.90. The summed E-state index contributed by atoms with van der Waals surface area (Å²) in [6.07, 6.45) is 12.3. The highest BCUT2D eigenvalue weighted by molar-refractivity contribution is 7.45. The number of alkyl halides is 1. The van der Waals surface area contributed by atoms with Crippen molar-refractivity contribution in [3.63, 3.8) is 0 Å². The van der Waals surface area contributed by atoms with Gasteiger partial charge in [0.25, 0.3) is 0 Å². The average molecular weight is 709 g/mol. The number of methoxy groups -OCH3 is 1. The number of aryl methyl sites for hydroxylation is 1. The van der Waals surface area contributed by atoms with Gasteiger partial charge in [-0.1, -0.05) is 25.0 Å². The van der Waals surface area contributed by atoms with E-state index in [9.17, 15) is 14.0 Å². The molecule has 0 aliphatic carbocycles. The van der Waals surface area contributed by atoms with Crippen LogP contribution in [0.3, 0.4) is 0 Å². The largest absolute Gasteiger partial charge is 0.382 e. The van der Waals surface area contributed by atoms with Crippen LogP contribution in [0.15, 0.2) is 48.7 Å². The second kappa shape index (κ2) is 22.7. The lowest BCUT2D eigenvalue weighted by molar-refractivity contribution is -0.167. The summed E-state index contributed by atoms with van der Waals surface area (Å²) >= 11 is 1.64. The first kappa shape index (κ1) is 41.3. The van der Waals surface area contributed by atoms with Gasteiger partial charge in [-0.15, -0.1) is 11.3 Å². The van der Waals surface area contributed by atoms with Gasteiger partial charge in [0.1, 0.15) is 11.9 Å². The number of aromatic nitrogens is 1. The molecule has 2 aliphatic rings. The Morgan fingerprint density at radius 1 is 1.15 bits per heavy atom. The molecule has 0 radical (unpaired) electrons. The van der Waals surface area contributed by atoms with Crippen LogP contribution in [0.1, 0.15) is 67.0 Å². The van der Waals surface area contributed by atoms with Crippen LogP contribution >= 0.6 is 19.7 Å². The van der Waals surface area contributed by atoms with E-state index in [0.29, 0.717) is 31.9 Å². The van der Waals surface area contributed by atoms with Gasteiger partial charge in [0.15, 0.2) is 5.91 Å². The fraction of sp³-hybridized carbons (Fsp3) is 0.529. The molecule has 2 aliphatic heterocycles. The quantitative estimate of drug-likeness (QED) is 0.116. The lowest BCUT2D eigenvalue weighted by Gasteiger charge is -2.47. The molecule has 2 saturated heterocycles. The van der Waals surface area contributed by atoms with E-state index in [2.05, 4.69) is 22.7 Å². The molecule has 5 rings (SSSR count). The predicted octanol–water partition coefficient (Wildman–Crippen LogP) is 5.22. The van der Waals surface area contributed by atoms with Crippen LogP contribution in [0.4, 0.5) is 4.39 Å².